The topological polar surface area (TPSA) is 101 Å². The molecule has 1 saturated heterocycles. The van der Waals surface area contributed by atoms with Crippen LogP contribution in [0.5, 0.6) is 11.5 Å². The molecule has 32 heavy (non-hydrogen) atoms. The Bertz CT molecular complexity index is 1230. The maximum atomic E-state index is 13.2. The zero-order chi connectivity index (χ0) is 22.5. The van der Waals surface area contributed by atoms with Gasteiger partial charge >= 0.3 is 6.03 Å². The van der Waals surface area contributed by atoms with Crippen molar-refractivity contribution in [2.75, 3.05) is 20.4 Å². The number of nitrogens with one attached hydrogen (secondary N) is 1. The van der Waals surface area contributed by atoms with Gasteiger partial charge in [0.05, 0.1) is 16.8 Å². The molecule has 0 radical (unpaired) electrons. The standard InChI is InChI=1S/C22H20N4O5S/c1-22(13-7-8-15-16(9-13)31-12-30-15)20(28)26(21(29)24-22)11-19(27)25(2)10-18-23-14-5-3-4-6-17(14)32-18/h3-9H,10-12H2,1-2H3,(H,24,29). The van der Waals surface area contributed by atoms with Crippen molar-refractivity contribution in [2.45, 2.75) is 19.0 Å². The Morgan fingerprint density at radius 3 is 2.81 bits per heavy atom. The van der Waals surface area contributed by atoms with Crippen LogP contribution in [0.3, 0.4) is 0 Å². The number of hydrogen-bond donors (Lipinski definition) is 1. The fourth-order valence-electron chi connectivity index (χ4n) is 3.78. The smallest absolute Gasteiger partial charge is 0.325 e. The van der Waals surface area contributed by atoms with Crippen molar-refractivity contribution in [1.29, 1.82) is 0 Å². The van der Waals surface area contributed by atoms with E-state index in [-0.39, 0.29) is 19.2 Å². The predicted octanol–water partition coefficient (Wildman–Crippen LogP) is 2.45. The number of carbonyl (C=O) groups excluding carboxylic acids is 3. The van der Waals surface area contributed by atoms with Crippen molar-refractivity contribution in [3.8, 4) is 11.5 Å². The Morgan fingerprint density at radius 2 is 2.00 bits per heavy atom. The van der Waals surface area contributed by atoms with Crippen molar-refractivity contribution < 1.29 is 23.9 Å². The fraction of sp³-hybridized carbons (Fsp3) is 0.273. The molecule has 1 atom stereocenters. The largest absolute Gasteiger partial charge is 0.454 e. The molecule has 3 aromatic rings. The van der Waals surface area contributed by atoms with Crippen LogP contribution in [0.2, 0.25) is 0 Å². The maximum absolute atomic E-state index is 13.2. The summed E-state index contributed by atoms with van der Waals surface area (Å²) in [6.07, 6.45) is 0. The van der Waals surface area contributed by atoms with Crippen LogP contribution in [0, 0.1) is 0 Å². The molecule has 1 unspecified atom stereocenters. The maximum Gasteiger partial charge on any atom is 0.325 e. The molecule has 1 aromatic heterocycles. The van der Waals surface area contributed by atoms with Gasteiger partial charge in [0, 0.05) is 7.05 Å². The number of likely N-dealkylation sites (N-methyl/N-ethyl adjacent to an activating group) is 1. The van der Waals surface area contributed by atoms with Gasteiger partial charge in [-0.1, -0.05) is 18.2 Å². The Labute approximate surface area is 187 Å². The van der Waals surface area contributed by atoms with Crippen LogP contribution in [0.1, 0.15) is 17.5 Å². The first-order valence-electron chi connectivity index (χ1n) is 9.98. The lowest BCUT2D eigenvalue weighted by molar-refractivity contribution is -0.138. The van der Waals surface area contributed by atoms with Gasteiger partial charge in [0.15, 0.2) is 11.5 Å². The molecular weight excluding hydrogens is 432 g/mol. The molecule has 0 bridgehead atoms. The van der Waals surface area contributed by atoms with E-state index in [1.54, 1.807) is 32.2 Å². The second-order valence-corrected chi connectivity index (χ2v) is 8.95. The number of nitrogens with zero attached hydrogens (tertiary/aromatic N) is 3. The normalized spacial score (nSPS) is 19.5. The highest BCUT2D eigenvalue weighted by molar-refractivity contribution is 7.18. The van der Waals surface area contributed by atoms with E-state index in [1.165, 1.54) is 16.2 Å². The summed E-state index contributed by atoms with van der Waals surface area (Å²) in [7, 11) is 1.63. The van der Waals surface area contributed by atoms with Crippen molar-refractivity contribution in [2.24, 2.45) is 0 Å². The molecule has 0 spiro atoms. The summed E-state index contributed by atoms with van der Waals surface area (Å²) in [6, 6.07) is 12.2. The third kappa shape index (κ3) is 3.32. The monoisotopic (exact) mass is 452 g/mol. The minimum atomic E-state index is -1.30. The number of para-hydroxylation sites is 1. The molecule has 4 amide bonds. The van der Waals surface area contributed by atoms with E-state index in [4.69, 9.17) is 9.47 Å². The fourth-order valence-corrected chi connectivity index (χ4v) is 4.80. The summed E-state index contributed by atoms with van der Waals surface area (Å²) >= 11 is 1.51. The SMILES string of the molecule is CN(Cc1nc2ccccc2s1)C(=O)CN1C(=O)NC(C)(c2ccc3c(c2)OCO3)C1=O. The average molecular weight is 452 g/mol. The van der Waals surface area contributed by atoms with Gasteiger partial charge in [0.2, 0.25) is 12.7 Å². The average Bonchev–Trinajstić information content (AvgIpc) is 3.46. The predicted molar refractivity (Wildman–Crippen MR) is 116 cm³/mol. The van der Waals surface area contributed by atoms with E-state index in [0.29, 0.717) is 23.6 Å². The summed E-state index contributed by atoms with van der Waals surface area (Å²) in [6.45, 7) is 1.66. The summed E-state index contributed by atoms with van der Waals surface area (Å²) in [4.78, 5) is 45.5. The molecular formula is C22H20N4O5S. The number of imide groups is 1. The van der Waals surface area contributed by atoms with Crippen LogP contribution in [0.4, 0.5) is 4.79 Å². The Hall–Kier alpha value is -3.66. The third-order valence-corrected chi connectivity index (χ3v) is 6.68. The van der Waals surface area contributed by atoms with Crippen LogP contribution in [0.15, 0.2) is 42.5 Å². The van der Waals surface area contributed by atoms with Crippen LogP contribution >= 0.6 is 11.3 Å². The first-order valence-corrected chi connectivity index (χ1v) is 10.8. The Kier molecular flexibility index (Phi) is 4.74. The minimum Gasteiger partial charge on any atom is -0.454 e. The van der Waals surface area contributed by atoms with Crippen LogP contribution < -0.4 is 14.8 Å². The first kappa shape index (κ1) is 20.3. The molecule has 5 rings (SSSR count). The van der Waals surface area contributed by atoms with Gasteiger partial charge < -0.3 is 19.7 Å². The van der Waals surface area contributed by atoms with Crippen LogP contribution in [0.25, 0.3) is 10.2 Å². The van der Waals surface area contributed by atoms with Gasteiger partial charge in [-0.3, -0.25) is 14.5 Å². The van der Waals surface area contributed by atoms with Crippen LogP contribution in [-0.4, -0.2) is 53.0 Å². The van der Waals surface area contributed by atoms with Gasteiger partial charge in [-0.05, 0) is 36.8 Å². The number of thiazole rings is 1. The molecule has 10 heteroatoms. The molecule has 0 aliphatic carbocycles. The highest BCUT2D eigenvalue weighted by Crippen LogP contribution is 2.37. The van der Waals surface area contributed by atoms with Crippen molar-refractivity contribution in [3.63, 3.8) is 0 Å². The molecule has 1 fully saturated rings. The zero-order valence-electron chi connectivity index (χ0n) is 17.5. The second-order valence-electron chi connectivity index (χ2n) is 7.84. The molecule has 2 aliphatic heterocycles. The second kappa shape index (κ2) is 7.49. The molecule has 164 valence electrons. The van der Waals surface area contributed by atoms with E-state index >= 15 is 0 Å². The lowest BCUT2D eigenvalue weighted by Gasteiger charge is -2.23. The van der Waals surface area contributed by atoms with Crippen molar-refractivity contribution in [1.82, 2.24) is 20.1 Å². The summed E-state index contributed by atoms with van der Waals surface area (Å²) in [5.41, 5.74) is 0.129. The summed E-state index contributed by atoms with van der Waals surface area (Å²) in [5, 5.41) is 3.49. The number of hydrogen-bond acceptors (Lipinski definition) is 7. The van der Waals surface area contributed by atoms with Crippen molar-refractivity contribution in [3.05, 3.63) is 53.0 Å². The van der Waals surface area contributed by atoms with E-state index in [0.717, 1.165) is 20.1 Å². The highest BCUT2D eigenvalue weighted by atomic mass is 32.1. The molecule has 0 saturated carbocycles. The highest BCUT2D eigenvalue weighted by Gasteiger charge is 2.50. The first-order chi connectivity index (χ1) is 15.3. The van der Waals surface area contributed by atoms with Gasteiger partial charge in [-0.15, -0.1) is 11.3 Å². The van der Waals surface area contributed by atoms with Gasteiger partial charge in [0.1, 0.15) is 17.1 Å². The van der Waals surface area contributed by atoms with Crippen molar-refractivity contribution >= 4 is 39.4 Å². The number of carbonyl (C=O) groups is 3. The number of aromatic nitrogens is 1. The van der Waals surface area contributed by atoms with Crippen LogP contribution in [-0.2, 0) is 21.7 Å². The summed E-state index contributed by atoms with van der Waals surface area (Å²) in [5.74, 6) is 0.235. The van der Waals surface area contributed by atoms with Gasteiger partial charge in [-0.25, -0.2) is 9.78 Å². The number of rotatable bonds is 5. The summed E-state index contributed by atoms with van der Waals surface area (Å²) < 4.78 is 11.7. The molecule has 3 heterocycles. The minimum absolute atomic E-state index is 0.109. The zero-order valence-corrected chi connectivity index (χ0v) is 18.3. The third-order valence-electron chi connectivity index (χ3n) is 5.65. The number of benzene rings is 2. The number of fused-ring (bicyclic) bond motifs is 2. The Balaban J connectivity index is 1.29. The van der Waals surface area contributed by atoms with E-state index < -0.39 is 17.5 Å². The molecule has 2 aliphatic rings. The number of ether oxygens (including phenoxy) is 2. The molecule has 2 aromatic carbocycles. The lowest BCUT2D eigenvalue weighted by Crippen LogP contribution is -2.43. The quantitative estimate of drug-likeness (QED) is 0.597. The number of urea groups is 1. The van der Waals surface area contributed by atoms with E-state index in [1.807, 2.05) is 24.3 Å². The molecule has 1 N–H and O–H groups in total. The number of amides is 4. The van der Waals surface area contributed by atoms with Gasteiger partial charge in [-0.2, -0.15) is 0 Å². The van der Waals surface area contributed by atoms with Gasteiger partial charge in [0.25, 0.3) is 5.91 Å². The lowest BCUT2D eigenvalue weighted by atomic mass is 9.91. The van der Waals surface area contributed by atoms with E-state index in [2.05, 4.69) is 10.3 Å². The van der Waals surface area contributed by atoms with E-state index in [9.17, 15) is 14.4 Å². The Morgan fingerprint density at radius 1 is 1.22 bits per heavy atom. The molecule has 9 nitrogen and oxygen atoms in total.